The predicted molar refractivity (Wildman–Crippen MR) is 119 cm³/mol. The molecule has 3 aromatic carbocycles. The summed E-state index contributed by atoms with van der Waals surface area (Å²) in [5, 5.41) is 3.21. The molecule has 0 atom stereocenters. The molecular weight excluding hydrogens is 424 g/mol. The van der Waals surface area contributed by atoms with E-state index < -0.39 is 10.0 Å². The zero-order valence-electron chi connectivity index (χ0n) is 16.5. The molecule has 0 fully saturated rings. The molecule has 0 saturated heterocycles. The van der Waals surface area contributed by atoms with Crippen molar-refractivity contribution in [2.45, 2.75) is 11.8 Å². The van der Waals surface area contributed by atoms with Gasteiger partial charge in [0.1, 0.15) is 5.75 Å². The van der Waals surface area contributed by atoms with E-state index in [0.717, 1.165) is 5.56 Å². The Morgan fingerprint density at radius 3 is 2.33 bits per heavy atom. The van der Waals surface area contributed by atoms with Crippen LogP contribution in [-0.2, 0) is 14.8 Å². The number of nitrogens with zero attached hydrogens (tertiary/aromatic N) is 1. The predicted octanol–water partition coefficient (Wildman–Crippen LogP) is 4.49. The lowest BCUT2D eigenvalue weighted by molar-refractivity contribution is -0.118. The maximum absolute atomic E-state index is 12.8. The van der Waals surface area contributed by atoms with E-state index in [9.17, 15) is 13.2 Å². The number of amides is 1. The molecule has 0 unspecified atom stereocenters. The molecule has 0 aliphatic carbocycles. The number of carbonyl (C=O) groups is 1. The van der Waals surface area contributed by atoms with E-state index in [1.54, 1.807) is 72.8 Å². The van der Waals surface area contributed by atoms with Crippen molar-refractivity contribution in [1.29, 1.82) is 0 Å². The molecule has 0 heterocycles. The Morgan fingerprint density at radius 2 is 1.70 bits per heavy atom. The number of sulfonamides is 1. The fourth-order valence-electron chi connectivity index (χ4n) is 2.67. The van der Waals surface area contributed by atoms with Crippen molar-refractivity contribution in [3.05, 3.63) is 83.4 Å². The van der Waals surface area contributed by atoms with Crippen LogP contribution in [0.15, 0.2) is 77.7 Å². The number of hydrogen-bond donors (Lipinski definition) is 1. The van der Waals surface area contributed by atoms with Crippen molar-refractivity contribution < 1.29 is 17.9 Å². The van der Waals surface area contributed by atoms with Crippen LogP contribution in [0, 0.1) is 6.92 Å². The van der Waals surface area contributed by atoms with Crippen LogP contribution in [0.4, 0.5) is 11.4 Å². The lowest BCUT2D eigenvalue weighted by Gasteiger charge is -2.20. The van der Waals surface area contributed by atoms with Crippen molar-refractivity contribution in [3.63, 3.8) is 0 Å². The highest BCUT2D eigenvalue weighted by Gasteiger charge is 2.21. The van der Waals surface area contributed by atoms with Gasteiger partial charge in [-0.2, -0.15) is 0 Å². The van der Waals surface area contributed by atoms with Gasteiger partial charge in [0.15, 0.2) is 6.61 Å². The van der Waals surface area contributed by atoms with E-state index in [1.165, 1.54) is 11.4 Å². The van der Waals surface area contributed by atoms with Gasteiger partial charge in [-0.15, -0.1) is 0 Å². The van der Waals surface area contributed by atoms with E-state index in [-0.39, 0.29) is 17.4 Å². The SMILES string of the molecule is Cc1ccc(S(=O)(=O)N(C)c2ccc(OCC(=O)Nc3cccc(Cl)c3)cc2)cc1. The van der Waals surface area contributed by atoms with Gasteiger partial charge in [-0.1, -0.05) is 35.4 Å². The zero-order chi connectivity index (χ0) is 21.7. The van der Waals surface area contributed by atoms with Gasteiger partial charge in [-0.25, -0.2) is 8.42 Å². The second kappa shape index (κ2) is 9.19. The molecule has 0 aliphatic rings. The number of aryl methyl sites for hydroxylation is 1. The summed E-state index contributed by atoms with van der Waals surface area (Å²) in [7, 11) is -2.18. The molecule has 0 spiro atoms. The molecule has 3 rings (SSSR count). The second-order valence-electron chi connectivity index (χ2n) is 6.63. The highest BCUT2D eigenvalue weighted by Crippen LogP contribution is 2.24. The highest BCUT2D eigenvalue weighted by atomic mass is 35.5. The molecule has 0 aromatic heterocycles. The van der Waals surface area contributed by atoms with E-state index >= 15 is 0 Å². The van der Waals surface area contributed by atoms with Gasteiger partial charge >= 0.3 is 0 Å². The van der Waals surface area contributed by atoms with Gasteiger partial charge in [-0.05, 0) is 61.5 Å². The first-order chi connectivity index (χ1) is 14.3. The molecule has 3 aromatic rings. The lowest BCUT2D eigenvalue weighted by Crippen LogP contribution is -2.26. The van der Waals surface area contributed by atoms with E-state index in [4.69, 9.17) is 16.3 Å². The maximum Gasteiger partial charge on any atom is 0.264 e. The Bertz CT molecular complexity index is 1130. The minimum Gasteiger partial charge on any atom is -0.484 e. The van der Waals surface area contributed by atoms with Crippen molar-refractivity contribution in [2.24, 2.45) is 0 Å². The first kappa shape index (κ1) is 21.7. The minimum atomic E-state index is -3.67. The number of rotatable bonds is 7. The number of benzene rings is 3. The van der Waals surface area contributed by atoms with Gasteiger partial charge in [0.05, 0.1) is 10.6 Å². The van der Waals surface area contributed by atoms with Crippen molar-refractivity contribution in [1.82, 2.24) is 0 Å². The first-order valence-corrected chi connectivity index (χ1v) is 10.9. The van der Waals surface area contributed by atoms with Crippen LogP contribution in [-0.4, -0.2) is 28.0 Å². The average Bonchev–Trinajstić information content (AvgIpc) is 2.72. The van der Waals surface area contributed by atoms with E-state index in [2.05, 4.69) is 5.32 Å². The summed E-state index contributed by atoms with van der Waals surface area (Å²) in [5.74, 6) is 0.113. The van der Waals surface area contributed by atoms with Crippen LogP contribution in [0.1, 0.15) is 5.56 Å². The molecule has 0 bridgehead atoms. The topological polar surface area (TPSA) is 75.7 Å². The second-order valence-corrected chi connectivity index (χ2v) is 9.03. The fourth-order valence-corrected chi connectivity index (χ4v) is 4.06. The van der Waals surface area contributed by atoms with Gasteiger partial charge in [0.25, 0.3) is 15.9 Å². The summed E-state index contributed by atoms with van der Waals surface area (Å²) in [6.07, 6.45) is 0. The van der Waals surface area contributed by atoms with E-state index in [1.807, 2.05) is 6.92 Å². The molecule has 0 saturated carbocycles. The van der Waals surface area contributed by atoms with E-state index in [0.29, 0.717) is 22.1 Å². The summed E-state index contributed by atoms with van der Waals surface area (Å²) in [4.78, 5) is 12.2. The third kappa shape index (κ3) is 5.31. The highest BCUT2D eigenvalue weighted by molar-refractivity contribution is 7.92. The van der Waals surface area contributed by atoms with Gasteiger partial charge < -0.3 is 10.1 Å². The van der Waals surface area contributed by atoms with Crippen LogP contribution in [0.5, 0.6) is 5.75 Å². The number of nitrogens with one attached hydrogen (secondary N) is 1. The first-order valence-electron chi connectivity index (χ1n) is 9.09. The number of ether oxygens (including phenoxy) is 1. The molecule has 0 radical (unpaired) electrons. The van der Waals surface area contributed by atoms with Crippen molar-refractivity contribution >= 4 is 38.9 Å². The van der Waals surface area contributed by atoms with Crippen LogP contribution in [0.25, 0.3) is 0 Å². The molecule has 8 heteroatoms. The summed E-state index contributed by atoms with van der Waals surface area (Å²) in [6.45, 7) is 1.71. The van der Waals surface area contributed by atoms with Crippen LogP contribution in [0.2, 0.25) is 5.02 Å². The summed E-state index contributed by atoms with van der Waals surface area (Å²) in [6, 6.07) is 20.0. The normalized spacial score (nSPS) is 11.0. The Morgan fingerprint density at radius 1 is 1.03 bits per heavy atom. The summed E-state index contributed by atoms with van der Waals surface area (Å²) < 4.78 is 32.2. The Balaban J connectivity index is 1.61. The number of halogens is 1. The average molecular weight is 445 g/mol. The molecule has 1 amide bonds. The van der Waals surface area contributed by atoms with Crippen LogP contribution in [0.3, 0.4) is 0 Å². The van der Waals surface area contributed by atoms with Gasteiger partial charge in [0.2, 0.25) is 0 Å². The molecule has 156 valence electrons. The zero-order valence-corrected chi connectivity index (χ0v) is 18.1. The quantitative estimate of drug-likeness (QED) is 0.582. The number of hydrogen-bond acceptors (Lipinski definition) is 4. The molecule has 30 heavy (non-hydrogen) atoms. The van der Waals surface area contributed by atoms with Gasteiger partial charge in [-0.3, -0.25) is 9.10 Å². The minimum absolute atomic E-state index is 0.191. The Hall–Kier alpha value is -3.03. The summed E-state index contributed by atoms with van der Waals surface area (Å²) >= 11 is 5.89. The molecule has 0 aliphatic heterocycles. The Kier molecular flexibility index (Phi) is 6.64. The van der Waals surface area contributed by atoms with Crippen molar-refractivity contribution in [2.75, 3.05) is 23.3 Å². The number of carbonyl (C=O) groups excluding carboxylic acids is 1. The standard InChI is InChI=1S/C22H21ClN2O4S/c1-16-6-12-21(13-7-16)30(27,28)25(2)19-8-10-20(11-9-19)29-15-22(26)24-18-5-3-4-17(23)14-18/h3-14H,15H2,1-2H3,(H,24,26). The molecular formula is C22H21ClN2O4S. The smallest absolute Gasteiger partial charge is 0.264 e. The van der Waals surface area contributed by atoms with Crippen LogP contribution >= 0.6 is 11.6 Å². The molecule has 6 nitrogen and oxygen atoms in total. The molecule has 1 N–H and O–H groups in total. The van der Waals surface area contributed by atoms with Gasteiger partial charge in [0, 0.05) is 17.8 Å². The third-order valence-electron chi connectivity index (χ3n) is 4.36. The lowest BCUT2D eigenvalue weighted by atomic mass is 10.2. The van der Waals surface area contributed by atoms with Crippen LogP contribution < -0.4 is 14.4 Å². The summed E-state index contributed by atoms with van der Waals surface area (Å²) in [5.41, 5.74) is 2.04. The number of anilines is 2. The monoisotopic (exact) mass is 444 g/mol. The Labute approximate surface area is 181 Å². The maximum atomic E-state index is 12.8. The van der Waals surface area contributed by atoms with Crippen molar-refractivity contribution in [3.8, 4) is 5.75 Å². The third-order valence-corrected chi connectivity index (χ3v) is 6.39. The largest absolute Gasteiger partial charge is 0.484 e. The fraction of sp³-hybridized carbons (Fsp3) is 0.136.